The molecule has 0 bridgehead atoms. The van der Waals surface area contributed by atoms with Gasteiger partial charge in [0, 0.05) is 13.2 Å². The van der Waals surface area contributed by atoms with Gasteiger partial charge in [0.15, 0.2) is 0 Å². The summed E-state index contributed by atoms with van der Waals surface area (Å²) in [6.45, 7) is 4.69. The van der Waals surface area contributed by atoms with Crippen molar-refractivity contribution in [2.75, 3.05) is 19.7 Å². The molecule has 1 aliphatic heterocycles. The Kier molecular flexibility index (Phi) is 3.16. The molecule has 60 valence electrons. The quantitative estimate of drug-likeness (QED) is 0.607. The predicted octanol–water partition coefficient (Wildman–Crippen LogP) is 0.614. The van der Waals surface area contributed by atoms with Crippen molar-refractivity contribution >= 4 is 0 Å². The minimum atomic E-state index is 0.359. The Labute approximate surface area is 62.6 Å². The van der Waals surface area contributed by atoms with Gasteiger partial charge < -0.3 is 10.4 Å². The third kappa shape index (κ3) is 1.70. The molecule has 1 rings (SSSR count). The average molecular weight is 143 g/mol. The van der Waals surface area contributed by atoms with E-state index in [1.165, 1.54) is 12.8 Å². The van der Waals surface area contributed by atoms with Gasteiger partial charge in [0.25, 0.3) is 0 Å². The second-order valence-corrected chi connectivity index (χ2v) is 3.15. The Morgan fingerprint density at radius 1 is 1.40 bits per heavy atom. The summed E-state index contributed by atoms with van der Waals surface area (Å²) in [5.41, 5.74) is 0. The summed E-state index contributed by atoms with van der Waals surface area (Å²) in [7, 11) is 0. The number of aliphatic hydroxyl groups excluding tert-OH is 1. The molecule has 0 spiro atoms. The highest BCUT2D eigenvalue weighted by molar-refractivity contribution is 4.79. The van der Waals surface area contributed by atoms with E-state index in [0.29, 0.717) is 12.5 Å². The second-order valence-electron chi connectivity index (χ2n) is 3.15. The first-order valence-electron chi connectivity index (χ1n) is 4.20. The molecule has 0 radical (unpaired) electrons. The first-order valence-corrected chi connectivity index (χ1v) is 4.20. The Hall–Kier alpha value is -0.0800. The lowest BCUT2D eigenvalue weighted by molar-refractivity contribution is 0.200. The van der Waals surface area contributed by atoms with Gasteiger partial charge in [-0.25, -0.2) is 0 Å². The molecule has 1 heterocycles. The van der Waals surface area contributed by atoms with Crippen LogP contribution in [0, 0.1) is 11.8 Å². The van der Waals surface area contributed by atoms with Gasteiger partial charge in [-0.3, -0.25) is 0 Å². The zero-order valence-corrected chi connectivity index (χ0v) is 6.64. The van der Waals surface area contributed by atoms with Gasteiger partial charge in [0.05, 0.1) is 0 Å². The molecule has 2 nitrogen and oxygen atoms in total. The van der Waals surface area contributed by atoms with E-state index in [9.17, 15) is 0 Å². The summed E-state index contributed by atoms with van der Waals surface area (Å²) >= 11 is 0. The monoisotopic (exact) mass is 143 g/mol. The third-order valence-electron chi connectivity index (χ3n) is 2.37. The van der Waals surface area contributed by atoms with Crippen molar-refractivity contribution in [1.82, 2.24) is 5.32 Å². The maximum absolute atomic E-state index is 8.92. The van der Waals surface area contributed by atoms with Crippen molar-refractivity contribution in [1.29, 1.82) is 0 Å². The highest BCUT2D eigenvalue weighted by Crippen LogP contribution is 2.20. The van der Waals surface area contributed by atoms with Crippen LogP contribution in [0.5, 0.6) is 0 Å². The standard InChI is InChI=1S/C8H17NO/c1-2-3-7-4-9-5-8(7)6-10/h7-10H,2-6H2,1H3/t7-,8?/m0/s1. The van der Waals surface area contributed by atoms with Crippen molar-refractivity contribution in [2.24, 2.45) is 11.8 Å². The Morgan fingerprint density at radius 3 is 2.70 bits per heavy atom. The normalized spacial score (nSPS) is 33.0. The van der Waals surface area contributed by atoms with E-state index in [-0.39, 0.29) is 0 Å². The summed E-state index contributed by atoms with van der Waals surface area (Å²) in [6.07, 6.45) is 2.50. The lowest BCUT2D eigenvalue weighted by atomic mass is 9.93. The Morgan fingerprint density at radius 2 is 2.10 bits per heavy atom. The van der Waals surface area contributed by atoms with Crippen molar-refractivity contribution in [2.45, 2.75) is 19.8 Å². The van der Waals surface area contributed by atoms with E-state index in [4.69, 9.17) is 5.11 Å². The highest BCUT2D eigenvalue weighted by atomic mass is 16.3. The second kappa shape index (κ2) is 3.94. The minimum absolute atomic E-state index is 0.359. The molecular weight excluding hydrogens is 126 g/mol. The number of hydrogen-bond donors (Lipinski definition) is 2. The van der Waals surface area contributed by atoms with Gasteiger partial charge in [-0.15, -0.1) is 0 Å². The Balaban J connectivity index is 2.27. The molecule has 2 N–H and O–H groups in total. The van der Waals surface area contributed by atoms with Crippen LogP contribution < -0.4 is 5.32 Å². The summed E-state index contributed by atoms with van der Waals surface area (Å²) in [5.74, 6) is 1.26. The molecule has 1 unspecified atom stereocenters. The van der Waals surface area contributed by atoms with Gasteiger partial charge in [0.1, 0.15) is 0 Å². The van der Waals surface area contributed by atoms with E-state index >= 15 is 0 Å². The van der Waals surface area contributed by atoms with E-state index in [1.807, 2.05) is 0 Å². The van der Waals surface area contributed by atoms with E-state index in [1.54, 1.807) is 0 Å². The molecule has 2 heteroatoms. The van der Waals surface area contributed by atoms with Crippen molar-refractivity contribution < 1.29 is 5.11 Å². The fourth-order valence-electron chi connectivity index (χ4n) is 1.71. The molecule has 1 fully saturated rings. The Bertz CT molecular complexity index is 95.3. The molecule has 0 saturated carbocycles. The topological polar surface area (TPSA) is 32.3 Å². The zero-order chi connectivity index (χ0) is 7.40. The van der Waals surface area contributed by atoms with Crippen LogP contribution in [0.2, 0.25) is 0 Å². The van der Waals surface area contributed by atoms with Gasteiger partial charge in [-0.1, -0.05) is 13.3 Å². The van der Waals surface area contributed by atoms with Gasteiger partial charge >= 0.3 is 0 Å². The molecule has 2 atom stereocenters. The van der Waals surface area contributed by atoms with Gasteiger partial charge in [-0.2, -0.15) is 0 Å². The fourth-order valence-corrected chi connectivity index (χ4v) is 1.71. The predicted molar refractivity (Wildman–Crippen MR) is 41.8 cm³/mol. The molecule has 10 heavy (non-hydrogen) atoms. The summed E-state index contributed by atoms with van der Waals surface area (Å²) in [5, 5.41) is 12.2. The van der Waals surface area contributed by atoms with E-state index in [2.05, 4.69) is 12.2 Å². The molecule has 0 amide bonds. The molecule has 0 aliphatic carbocycles. The fraction of sp³-hybridized carbons (Fsp3) is 1.00. The van der Waals surface area contributed by atoms with E-state index in [0.717, 1.165) is 19.0 Å². The summed E-state index contributed by atoms with van der Waals surface area (Å²) in [4.78, 5) is 0. The molecule has 1 aliphatic rings. The SMILES string of the molecule is CCC[C@H]1CNCC1CO. The minimum Gasteiger partial charge on any atom is -0.396 e. The van der Waals surface area contributed by atoms with E-state index < -0.39 is 0 Å². The number of aliphatic hydroxyl groups is 1. The summed E-state index contributed by atoms with van der Waals surface area (Å²) in [6, 6.07) is 0. The van der Waals surface area contributed by atoms with Crippen LogP contribution in [-0.2, 0) is 0 Å². The largest absolute Gasteiger partial charge is 0.396 e. The first kappa shape index (κ1) is 8.02. The van der Waals surface area contributed by atoms with Crippen LogP contribution in [0.15, 0.2) is 0 Å². The number of hydrogen-bond acceptors (Lipinski definition) is 2. The lowest BCUT2D eigenvalue weighted by Crippen LogP contribution is -2.15. The zero-order valence-electron chi connectivity index (χ0n) is 6.64. The first-order chi connectivity index (χ1) is 4.88. The smallest absolute Gasteiger partial charge is 0.0474 e. The van der Waals surface area contributed by atoms with Gasteiger partial charge in [0.2, 0.25) is 0 Å². The molecule has 0 aromatic heterocycles. The van der Waals surface area contributed by atoms with Crippen molar-refractivity contribution in [3.63, 3.8) is 0 Å². The highest BCUT2D eigenvalue weighted by Gasteiger charge is 2.24. The number of nitrogens with one attached hydrogen (secondary N) is 1. The molecule has 0 aromatic rings. The molecular formula is C8H17NO. The third-order valence-corrected chi connectivity index (χ3v) is 2.37. The molecule has 1 saturated heterocycles. The van der Waals surface area contributed by atoms with Crippen LogP contribution in [0.1, 0.15) is 19.8 Å². The molecule has 0 aromatic carbocycles. The lowest BCUT2D eigenvalue weighted by Gasteiger charge is -2.13. The number of rotatable bonds is 3. The van der Waals surface area contributed by atoms with Crippen LogP contribution in [0.3, 0.4) is 0 Å². The average Bonchev–Trinajstić information content (AvgIpc) is 2.36. The van der Waals surface area contributed by atoms with Crippen LogP contribution in [0.4, 0.5) is 0 Å². The van der Waals surface area contributed by atoms with Crippen LogP contribution in [0.25, 0.3) is 0 Å². The van der Waals surface area contributed by atoms with Crippen LogP contribution in [-0.4, -0.2) is 24.8 Å². The van der Waals surface area contributed by atoms with Crippen molar-refractivity contribution in [3.8, 4) is 0 Å². The summed E-state index contributed by atoms with van der Waals surface area (Å²) < 4.78 is 0. The van der Waals surface area contributed by atoms with Crippen molar-refractivity contribution in [3.05, 3.63) is 0 Å². The maximum Gasteiger partial charge on any atom is 0.0474 e. The van der Waals surface area contributed by atoms with Crippen LogP contribution >= 0.6 is 0 Å². The maximum atomic E-state index is 8.92. The van der Waals surface area contributed by atoms with Gasteiger partial charge in [-0.05, 0) is 24.8 Å².